The first-order valence-electron chi connectivity index (χ1n) is 10.1. The van der Waals surface area contributed by atoms with Gasteiger partial charge in [0, 0.05) is 55.9 Å². The number of dihydropyridines is 1. The van der Waals surface area contributed by atoms with Crippen molar-refractivity contribution >= 4 is 46.4 Å². The van der Waals surface area contributed by atoms with Gasteiger partial charge in [-0.05, 0) is 62.4 Å². The Bertz CT molecular complexity index is 1170. The zero-order valence-corrected chi connectivity index (χ0v) is 19.4. The summed E-state index contributed by atoms with van der Waals surface area (Å²) in [5, 5.41) is 10.1. The highest BCUT2D eigenvalue weighted by molar-refractivity contribution is 6.31. The van der Waals surface area contributed by atoms with E-state index in [-0.39, 0.29) is 11.8 Å². The van der Waals surface area contributed by atoms with Crippen molar-refractivity contribution in [3.8, 4) is 0 Å². The molecule has 2 heterocycles. The number of aromatic nitrogens is 2. The number of aromatic amines is 1. The molecule has 1 aromatic heterocycles. The average molecular weight is 482 g/mol. The van der Waals surface area contributed by atoms with Crippen LogP contribution in [0.2, 0.25) is 10.0 Å². The number of benzene rings is 2. The van der Waals surface area contributed by atoms with Crippen LogP contribution >= 0.6 is 23.2 Å². The molecule has 4 rings (SSSR count). The van der Waals surface area contributed by atoms with Crippen LogP contribution in [-0.2, 0) is 9.59 Å². The molecule has 0 radical (unpaired) electrons. The number of allylic oxidation sites excluding steroid dienone is 2. The van der Waals surface area contributed by atoms with E-state index in [0.717, 1.165) is 0 Å². The number of anilines is 2. The summed E-state index contributed by atoms with van der Waals surface area (Å²) in [7, 11) is 0. The van der Waals surface area contributed by atoms with Crippen LogP contribution in [0.15, 0.2) is 83.6 Å². The second-order valence-electron chi connectivity index (χ2n) is 7.56. The number of hydrogen-bond donors (Lipinski definition) is 4. The highest BCUT2D eigenvalue weighted by Crippen LogP contribution is 2.38. The van der Waals surface area contributed by atoms with E-state index in [1.807, 2.05) is 0 Å². The molecule has 9 heteroatoms. The van der Waals surface area contributed by atoms with E-state index in [1.54, 1.807) is 68.6 Å². The molecule has 0 atom stereocenters. The lowest BCUT2D eigenvalue weighted by atomic mass is 9.82. The van der Waals surface area contributed by atoms with E-state index < -0.39 is 5.92 Å². The fraction of sp³-hybridized carbons (Fsp3) is 0.125. The van der Waals surface area contributed by atoms with E-state index >= 15 is 0 Å². The van der Waals surface area contributed by atoms with Gasteiger partial charge in [-0.3, -0.25) is 9.59 Å². The summed E-state index contributed by atoms with van der Waals surface area (Å²) in [6.07, 6.45) is 3.13. The average Bonchev–Trinajstić information content (AvgIpc) is 3.31. The number of nitrogens with zero attached hydrogens (tertiary/aromatic N) is 1. The molecular weight excluding hydrogens is 461 g/mol. The van der Waals surface area contributed by atoms with Crippen LogP contribution in [0.3, 0.4) is 0 Å². The third kappa shape index (κ3) is 4.94. The molecule has 33 heavy (non-hydrogen) atoms. The predicted octanol–water partition coefficient (Wildman–Crippen LogP) is 5.23. The predicted molar refractivity (Wildman–Crippen MR) is 130 cm³/mol. The monoisotopic (exact) mass is 481 g/mol. The quantitative estimate of drug-likeness (QED) is 0.400. The molecule has 4 N–H and O–H groups in total. The molecule has 0 spiro atoms. The number of nitrogens with one attached hydrogen (secondary N) is 4. The van der Waals surface area contributed by atoms with Crippen molar-refractivity contribution in [3.63, 3.8) is 0 Å². The molecule has 2 aromatic carbocycles. The van der Waals surface area contributed by atoms with Crippen LogP contribution < -0.4 is 16.0 Å². The lowest BCUT2D eigenvalue weighted by molar-refractivity contribution is -0.113. The minimum Gasteiger partial charge on any atom is -0.362 e. The molecule has 168 valence electrons. The molecule has 0 fully saturated rings. The van der Waals surface area contributed by atoms with Crippen molar-refractivity contribution < 1.29 is 9.59 Å². The third-order valence-electron chi connectivity index (χ3n) is 5.28. The Morgan fingerprint density at radius 2 is 1.27 bits per heavy atom. The number of rotatable bonds is 5. The van der Waals surface area contributed by atoms with E-state index in [0.29, 0.717) is 49.7 Å². The fourth-order valence-corrected chi connectivity index (χ4v) is 4.05. The first-order chi connectivity index (χ1) is 15.8. The first kappa shape index (κ1) is 22.6. The highest BCUT2D eigenvalue weighted by Gasteiger charge is 2.37. The van der Waals surface area contributed by atoms with Crippen LogP contribution in [0.25, 0.3) is 0 Å². The van der Waals surface area contributed by atoms with Crippen LogP contribution in [-0.4, -0.2) is 21.8 Å². The SMILES string of the molecule is CC1=C(C(=O)Nc2ccc(Cl)cc2)C(c2cnc[nH]2)C(C(=O)Nc2ccc(Cl)cc2)=C(C)N1. The molecule has 0 bridgehead atoms. The molecule has 2 amide bonds. The Labute approximate surface area is 200 Å². The molecule has 3 aromatic rings. The number of halogens is 2. The molecule has 0 saturated carbocycles. The smallest absolute Gasteiger partial charge is 0.254 e. The topological polar surface area (TPSA) is 98.9 Å². The highest BCUT2D eigenvalue weighted by atomic mass is 35.5. The van der Waals surface area contributed by atoms with Gasteiger partial charge in [0.15, 0.2) is 0 Å². The summed E-state index contributed by atoms with van der Waals surface area (Å²) in [6.45, 7) is 3.61. The Morgan fingerprint density at radius 1 is 0.818 bits per heavy atom. The van der Waals surface area contributed by atoms with Crippen molar-refractivity contribution in [1.82, 2.24) is 15.3 Å². The lowest BCUT2D eigenvalue weighted by Crippen LogP contribution is -2.35. The number of hydrogen-bond acceptors (Lipinski definition) is 4. The molecule has 1 aliphatic heterocycles. The molecule has 7 nitrogen and oxygen atoms in total. The maximum Gasteiger partial charge on any atom is 0.254 e. The van der Waals surface area contributed by atoms with Crippen molar-refractivity contribution in [2.75, 3.05) is 10.6 Å². The van der Waals surface area contributed by atoms with Crippen molar-refractivity contribution in [3.05, 3.63) is 99.3 Å². The van der Waals surface area contributed by atoms with Gasteiger partial charge in [0.2, 0.25) is 0 Å². The first-order valence-corrected chi connectivity index (χ1v) is 10.9. The van der Waals surface area contributed by atoms with E-state index in [1.165, 1.54) is 6.33 Å². The molecular formula is C24H21Cl2N5O2. The van der Waals surface area contributed by atoms with Crippen molar-refractivity contribution in [2.45, 2.75) is 19.8 Å². The minimum absolute atomic E-state index is 0.341. The van der Waals surface area contributed by atoms with Crippen molar-refractivity contribution in [1.29, 1.82) is 0 Å². The second-order valence-corrected chi connectivity index (χ2v) is 8.44. The number of imidazole rings is 1. The third-order valence-corrected chi connectivity index (χ3v) is 5.79. The molecule has 0 saturated heterocycles. The minimum atomic E-state index is -0.659. The van der Waals surface area contributed by atoms with Gasteiger partial charge in [0.25, 0.3) is 11.8 Å². The summed E-state index contributed by atoms with van der Waals surface area (Å²) >= 11 is 11.9. The summed E-state index contributed by atoms with van der Waals surface area (Å²) in [6, 6.07) is 13.6. The van der Waals surface area contributed by atoms with Gasteiger partial charge in [-0.15, -0.1) is 0 Å². The van der Waals surface area contributed by atoms with Gasteiger partial charge in [-0.25, -0.2) is 4.98 Å². The summed E-state index contributed by atoms with van der Waals surface area (Å²) in [4.78, 5) is 34.0. The van der Waals surface area contributed by atoms with E-state index in [9.17, 15) is 9.59 Å². The Kier molecular flexibility index (Phi) is 6.53. The molecule has 1 aliphatic rings. The summed E-state index contributed by atoms with van der Waals surface area (Å²) in [5.41, 5.74) is 3.89. The number of carbonyl (C=O) groups excluding carboxylic acids is 2. The van der Waals surface area contributed by atoms with Crippen LogP contribution in [0.5, 0.6) is 0 Å². The number of H-pyrrole nitrogens is 1. The maximum atomic E-state index is 13.4. The molecule has 0 unspecified atom stereocenters. The van der Waals surface area contributed by atoms with Gasteiger partial charge in [-0.1, -0.05) is 23.2 Å². The fourth-order valence-electron chi connectivity index (χ4n) is 3.79. The number of amides is 2. The lowest BCUT2D eigenvalue weighted by Gasteiger charge is -2.30. The second kappa shape index (κ2) is 9.52. The van der Waals surface area contributed by atoms with Gasteiger partial charge in [0.1, 0.15) is 0 Å². The normalized spacial score (nSPS) is 14.2. The van der Waals surface area contributed by atoms with Gasteiger partial charge in [0.05, 0.1) is 12.2 Å². The Hall–Kier alpha value is -3.55. The Morgan fingerprint density at radius 3 is 1.67 bits per heavy atom. The zero-order chi connectivity index (χ0) is 23.5. The summed E-state index contributed by atoms with van der Waals surface area (Å²) in [5.74, 6) is -1.34. The van der Waals surface area contributed by atoms with E-state index in [4.69, 9.17) is 23.2 Å². The molecule has 0 aliphatic carbocycles. The zero-order valence-electron chi connectivity index (χ0n) is 17.9. The van der Waals surface area contributed by atoms with Gasteiger partial charge in [-0.2, -0.15) is 0 Å². The van der Waals surface area contributed by atoms with E-state index in [2.05, 4.69) is 25.9 Å². The van der Waals surface area contributed by atoms with Gasteiger partial charge < -0.3 is 20.9 Å². The maximum absolute atomic E-state index is 13.4. The standard InChI is InChI=1S/C24H21Cl2N5O2/c1-13-20(23(32)30-17-7-3-15(25)4-8-17)22(19-11-27-12-28-19)21(14(2)29-13)24(33)31-18-9-5-16(26)6-10-18/h3-12,22,29H,1-2H3,(H,27,28)(H,30,32)(H,31,33). The Balaban J connectivity index is 1.69. The number of carbonyl (C=O) groups is 2. The van der Waals surface area contributed by atoms with Crippen LogP contribution in [0.4, 0.5) is 11.4 Å². The van der Waals surface area contributed by atoms with Crippen molar-refractivity contribution in [2.24, 2.45) is 0 Å². The van der Waals surface area contributed by atoms with Crippen LogP contribution in [0, 0.1) is 0 Å². The van der Waals surface area contributed by atoms with Gasteiger partial charge >= 0.3 is 0 Å². The van der Waals surface area contributed by atoms with Crippen LogP contribution in [0.1, 0.15) is 25.5 Å². The summed E-state index contributed by atoms with van der Waals surface area (Å²) < 4.78 is 0. The largest absolute Gasteiger partial charge is 0.362 e.